The molecule has 0 saturated carbocycles. The van der Waals surface area contributed by atoms with Gasteiger partial charge in [-0.25, -0.2) is 0 Å². The summed E-state index contributed by atoms with van der Waals surface area (Å²) in [4.78, 5) is 1.57. The summed E-state index contributed by atoms with van der Waals surface area (Å²) in [6, 6.07) is 37.5. The van der Waals surface area contributed by atoms with Gasteiger partial charge >= 0.3 is 7.05 Å². The van der Waals surface area contributed by atoms with E-state index in [0.29, 0.717) is 6.04 Å². The monoisotopic (exact) mass is 390 g/mol. The van der Waals surface area contributed by atoms with Crippen molar-refractivity contribution in [1.82, 2.24) is 0 Å². The lowest BCUT2D eigenvalue weighted by molar-refractivity contribution is -0.799. The van der Waals surface area contributed by atoms with Crippen molar-refractivity contribution in [3.8, 4) is 0 Å². The first-order valence-electron chi connectivity index (χ1n) is 11.0. The van der Waals surface area contributed by atoms with E-state index in [1.807, 2.05) is 0 Å². The fourth-order valence-electron chi connectivity index (χ4n) is 5.81. The molecular formula is C27H25BNO+. The molecule has 146 valence electrons. The van der Waals surface area contributed by atoms with Gasteiger partial charge < -0.3 is 9.47 Å². The molecule has 0 aromatic heterocycles. The van der Waals surface area contributed by atoms with E-state index in [1.165, 1.54) is 40.2 Å². The first-order chi connectivity index (χ1) is 14.9. The predicted octanol–water partition coefficient (Wildman–Crippen LogP) is 3.56. The molecule has 2 atom stereocenters. The summed E-state index contributed by atoms with van der Waals surface area (Å²) < 4.78 is 7.25. The molecule has 3 heteroatoms. The molecule has 0 spiro atoms. The zero-order valence-electron chi connectivity index (χ0n) is 17.0. The van der Waals surface area contributed by atoms with Gasteiger partial charge in [-0.2, -0.15) is 0 Å². The van der Waals surface area contributed by atoms with Crippen molar-refractivity contribution in [2.24, 2.45) is 0 Å². The molecule has 6 rings (SSSR count). The average molecular weight is 390 g/mol. The summed E-state index contributed by atoms with van der Waals surface area (Å²) in [5.41, 5.74) is 3.42. The Bertz CT molecular complexity index is 1130. The molecule has 30 heavy (non-hydrogen) atoms. The zero-order chi connectivity index (χ0) is 20.0. The molecule has 1 N–H and O–H groups in total. The quantitative estimate of drug-likeness (QED) is 0.529. The average Bonchev–Trinajstić information content (AvgIpc) is 3.42. The maximum atomic E-state index is 7.25. The number of rotatable bonds is 3. The summed E-state index contributed by atoms with van der Waals surface area (Å²) >= 11 is 0. The maximum Gasteiger partial charge on any atom is 0.611 e. The van der Waals surface area contributed by atoms with Crippen LogP contribution in [0.4, 0.5) is 0 Å². The number of nitrogens with one attached hydrogen (secondary N) is 1. The third-order valence-corrected chi connectivity index (χ3v) is 7.05. The third kappa shape index (κ3) is 2.59. The number of fused-ring (bicyclic) bond motifs is 2. The molecule has 4 aromatic rings. The summed E-state index contributed by atoms with van der Waals surface area (Å²) in [5, 5.41) is 2.59. The number of hydrogen-bond acceptors (Lipinski definition) is 1. The normalized spacial score (nSPS) is 22.3. The minimum absolute atomic E-state index is 0.0315. The minimum atomic E-state index is -0.421. The standard InChI is InChI=1S/C27H24BNO/c1-3-13-22(14-4-1)27(23-15-5-2-6-16-23)26-19-10-20-29(26)28(30-27)25-18-9-12-21-11-7-8-17-24(21)25/h1-9,11-18,26H,10,19-20H2/p+1/t26-/m0/s1. The molecule has 2 saturated heterocycles. The molecule has 2 aliphatic heterocycles. The van der Waals surface area contributed by atoms with E-state index in [0.717, 1.165) is 6.54 Å². The molecule has 2 nitrogen and oxygen atoms in total. The van der Waals surface area contributed by atoms with Crippen LogP contribution in [0.25, 0.3) is 10.8 Å². The summed E-state index contributed by atoms with van der Waals surface area (Å²) in [7, 11) is 0.0315. The molecule has 0 amide bonds. The lowest BCUT2D eigenvalue weighted by Crippen LogP contribution is -3.19. The Labute approximate surface area is 178 Å². The number of benzene rings is 4. The van der Waals surface area contributed by atoms with Crippen molar-refractivity contribution in [3.63, 3.8) is 0 Å². The highest BCUT2D eigenvalue weighted by atomic mass is 16.5. The second-order valence-corrected chi connectivity index (χ2v) is 8.55. The van der Waals surface area contributed by atoms with Gasteiger partial charge in [0.1, 0.15) is 6.04 Å². The molecule has 2 heterocycles. The second-order valence-electron chi connectivity index (χ2n) is 8.55. The molecule has 0 radical (unpaired) electrons. The molecular weight excluding hydrogens is 365 g/mol. The van der Waals surface area contributed by atoms with Crippen LogP contribution in [0.1, 0.15) is 24.0 Å². The van der Waals surface area contributed by atoms with Gasteiger partial charge in [0.25, 0.3) is 0 Å². The Hall–Kier alpha value is -2.88. The van der Waals surface area contributed by atoms with E-state index in [1.54, 1.807) is 4.81 Å². The minimum Gasteiger partial charge on any atom is -0.368 e. The number of hydrogen-bond donors (Lipinski definition) is 1. The SMILES string of the molecule is c1ccc(C2(c3ccccc3)OB(c3cccc4ccccc34)[NH+]3CCC[C@H]32)cc1. The van der Waals surface area contributed by atoms with Crippen LogP contribution in [-0.2, 0) is 10.3 Å². The van der Waals surface area contributed by atoms with Crippen LogP contribution in [0, 0.1) is 0 Å². The van der Waals surface area contributed by atoms with Gasteiger partial charge in [-0.1, -0.05) is 103 Å². The Morgan fingerprint density at radius 2 is 1.37 bits per heavy atom. The summed E-state index contributed by atoms with van der Waals surface area (Å²) in [6.07, 6.45) is 2.42. The van der Waals surface area contributed by atoms with Crippen molar-refractivity contribution < 1.29 is 9.47 Å². The van der Waals surface area contributed by atoms with Crippen LogP contribution in [0.15, 0.2) is 103 Å². The van der Waals surface area contributed by atoms with Gasteiger partial charge in [0, 0.05) is 18.3 Å². The van der Waals surface area contributed by atoms with Gasteiger partial charge in [-0.05, 0) is 21.9 Å². The lowest BCUT2D eigenvalue weighted by Gasteiger charge is -2.33. The van der Waals surface area contributed by atoms with E-state index in [4.69, 9.17) is 4.65 Å². The highest BCUT2D eigenvalue weighted by molar-refractivity contribution is 6.63. The van der Waals surface area contributed by atoms with E-state index in [9.17, 15) is 0 Å². The molecule has 0 aliphatic carbocycles. The van der Waals surface area contributed by atoms with E-state index in [2.05, 4.69) is 103 Å². The fraction of sp³-hybridized carbons (Fsp3) is 0.185. The van der Waals surface area contributed by atoms with Crippen molar-refractivity contribution in [3.05, 3.63) is 114 Å². The zero-order valence-corrected chi connectivity index (χ0v) is 17.0. The highest BCUT2D eigenvalue weighted by Gasteiger charge is 2.64. The van der Waals surface area contributed by atoms with Crippen LogP contribution in [0.3, 0.4) is 0 Å². The summed E-state index contributed by atoms with van der Waals surface area (Å²) in [6.45, 7) is 1.15. The molecule has 2 fully saturated rings. The number of quaternary nitrogens is 1. The smallest absolute Gasteiger partial charge is 0.368 e. The Morgan fingerprint density at radius 1 is 0.733 bits per heavy atom. The van der Waals surface area contributed by atoms with Crippen molar-refractivity contribution in [2.45, 2.75) is 24.5 Å². The van der Waals surface area contributed by atoms with Crippen LogP contribution in [0.2, 0.25) is 0 Å². The van der Waals surface area contributed by atoms with Crippen LogP contribution in [0.5, 0.6) is 0 Å². The topological polar surface area (TPSA) is 13.7 Å². The van der Waals surface area contributed by atoms with E-state index >= 15 is 0 Å². The first kappa shape index (κ1) is 17.9. The van der Waals surface area contributed by atoms with Gasteiger partial charge in [0.15, 0.2) is 5.60 Å². The Balaban J connectivity index is 1.57. The fourth-order valence-corrected chi connectivity index (χ4v) is 5.81. The van der Waals surface area contributed by atoms with Crippen molar-refractivity contribution >= 4 is 23.3 Å². The van der Waals surface area contributed by atoms with Gasteiger partial charge in [-0.3, -0.25) is 0 Å². The van der Waals surface area contributed by atoms with Gasteiger partial charge in [-0.15, -0.1) is 0 Å². The first-order valence-corrected chi connectivity index (χ1v) is 11.0. The van der Waals surface area contributed by atoms with E-state index in [-0.39, 0.29) is 7.05 Å². The Kier molecular flexibility index (Phi) is 4.26. The maximum absolute atomic E-state index is 7.25. The van der Waals surface area contributed by atoms with Crippen LogP contribution in [-0.4, -0.2) is 19.6 Å². The second kappa shape index (κ2) is 7.12. The lowest BCUT2D eigenvalue weighted by atomic mass is 9.70. The van der Waals surface area contributed by atoms with Gasteiger partial charge in [0.2, 0.25) is 0 Å². The molecule has 4 aromatic carbocycles. The van der Waals surface area contributed by atoms with Crippen molar-refractivity contribution in [2.75, 3.05) is 6.54 Å². The van der Waals surface area contributed by atoms with Crippen LogP contribution < -0.4 is 10.3 Å². The summed E-state index contributed by atoms with van der Waals surface area (Å²) in [5.74, 6) is 0. The largest absolute Gasteiger partial charge is 0.611 e. The van der Waals surface area contributed by atoms with E-state index < -0.39 is 5.60 Å². The molecule has 2 aliphatic rings. The predicted molar refractivity (Wildman–Crippen MR) is 123 cm³/mol. The van der Waals surface area contributed by atoms with Crippen LogP contribution >= 0.6 is 0 Å². The van der Waals surface area contributed by atoms with Gasteiger partial charge in [0.05, 0.1) is 6.54 Å². The highest BCUT2D eigenvalue weighted by Crippen LogP contribution is 2.42. The van der Waals surface area contributed by atoms with Crippen molar-refractivity contribution in [1.29, 1.82) is 0 Å². The molecule has 0 bridgehead atoms. The molecule has 1 unspecified atom stereocenters. The third-order valence-electron chi connectivity index (χ3n) is 7.05. The Morgan fingerprint density at radius 3 is 2.10 bits per heavy atom.